The van der Waals surface area contributed by atoms with E-state index in [1.165, 1.54) is 18.4 Å². The normalized spacial score (nSPS) is 12.8. The van der Waals surface area contributed by atoms with E-state index in [2.05, 4.69) is 15.9 Å². The molecular weight excluding hydrogens is 282 g/mol. The van der Waals surface area contributed by atoms with Crippen molar-refractivity contribution >= 4 is 15.9 Å². The third-order valence-electron chi connectivity index (χ3n) is 2.17. The summed E-state index contributed by atoms with van der Waals surface area (Å²) in [5, 5.41) is 9.82. The number of hydrogen-bond acceptors (Lipinski definition) is 2. The highest BCUT2D eigenvalue weighted by Crippen LogP contribution is 2.31. The Bertz CT molecular complexity index is 490. The first-order valence-electron chi connectivity index (χ1n) is 4.46. The Kier molecular flexibility index (Phi) is 3.07. The average Bonchev–Trinajstić information content (AvgIpc) is 2.64. The van der Waals surface area contributed by atoms with Gasteiger partial charge in [0.25, 0.3) is 0 Å². The SMILES string of the molecule is OC(c1occc1Br)c1c(F)cccc1F. The quantitative estimate of drug-likeness (QED) is 0.919. The molecule has 0 aliphatic carbocycles. The van der Waals surface area contributed by atoms with Crippen LogP contribution in [0, 0.1) is 11.6 Å². The van der Waals surface area contributed by atoms with E-state index in [1.807, 2.05) is 0 Å². The zero-order valence-electron chi connectivity index (χ0n) is 7.95. The fourth-order valence-electron chi connectivity index (χ4n) is 1.40. The van der Waals surface area contributed by atoms with Gasteiger partial charge >= 0.3 is 0 Å². The van der Waals surface area contributed by atoms with Crippen LogP contribution in [-0.4, -0.2) is 5.11 Å². The lowest BCUT2D eigenvalue weighted by atomic mass is 10.1. The van der Waals surface area contributed by atoms with Crippen LogP contribution >= 0.6 is 15.9 Å². The standard InChI is InChI=1S/C11H7BrF2O2/c12-6-4-5-16-11(6)10(15)9-7(13)2-1-3-8(9)14/h1-5,10,15H. The van der Waals surface area contributed by atoms with Crippen molar-refractivity contribution in [3.05, 3.63) is 58.0 Å². The van der Waals surface area contributed by atoms with Crippen LogP contribution in [0.2, 0.25) is 0 Å². The molecule has 16 heavy (non-hydrogen) atoms. The van der Waals surface area contributed by atoms with Gasteiger partial charge in [0.15, 0.2) is 5.76 Å². The number of furan rings is 1. The van der Waals surface area contributed by atoms with E-state index in [0.717, 1.165) is 12.1 Å². The van der Waals surface area contributed by atoms with Crippen LogP contribution in [0.25, 0.3) is 0 Å². The van der Waals surface area contributed by atoms with Crippen LogP contribution in [0.5, 0.6) is 0 Å². The Hall–Kier alpha value is -1.20. The third kappa shape index (κ3) is 1.88. The molecule has 5 heteroatoms. The summed E-state index contributed by atoms with van der Waals surface area (Å²) < 4.78 is 32.2. The Morgan fingerprint density at radius 2 is 1.81 bits per heavy atom. The summed E-state index contributed by atoms with van der Waals surface area (Å²) in [6.07, 6.45) is -0.146. The summed E-state index contributed by atoms with van der Waals surface area (Å²) in [5.74, 6) is -1.55. The predicted octanol–water partition coefficient (Wildman–Crippen LogP) is 3.40. The van der Waals surface area contributed by atoms with Gasteiger partial charge < -0.3 is 9.52 Å². The molecule has 0 amide bonds. The van der Waals surface area contributed by atoms with Crippen LogP contribution in [0.3, 0.4) is 0 Å². The Morgan fingerprint density at radius 1 is 1.19 bits per heavy atom. The molecule has 0 saturated heterocycles. The molecule has 1 N–H and O–H groups in total. The Labute approximate surface area is 98.6 Å². The molecule has 0 radical (unpaired) electrons. The molecule has 2 nitrogen and oxygen atoms in total. The molecule has 0 spiro atoms. The second-order valence-electron chi connectivity index (χ2n) is 3.17. The fourth-order valence-corrected chi connectivity index (χ4v) is 1.82. The highest BCUT2D eigenvalue weighted by molar-refractivity contribution is 9.10. The molecule has 1 aromatic heterocycles. The van der Waals surface area contributed by atoms with Crippen molar-refractivity contribution in [1.29, 1.82) is 0 Å². The van der Waals surface area contributed by atoms with Gasteiger partial charge in [0.1, 0.15) is 17.7 Å². The van der Waals surface area contributed by atoms with Crippen molar-refractivity contribution < 1.29 is 18.3 Å². The van der Waals surface area contributed by atoms with E-state index >= 15 is 0 Å². The molecule has 1 heterocycles. The maximum atomic E-state index is 13.4. The topological polar surface area (TPSA) is 33.4 Å². The number of rotatable bonds is 2. The van der Waals surface area contributed by atoms with Gasteiger partial charge in [-0.3, -0.25) is 0 Å². The fraction of sp³-hybridized carbons (Fsp3) is 0.0909. The average molecular weight is 289 g/mol. The number of aliphatic hydroxyl groups is 1. The van der Waals surface area contributed by atoms with Crippen molar-refractivity contribution in [1.82, 2.24) is 0 Å². The van der Waals surface area contributed by atoms with Gasteiger partial charge in [-0.1, -0.05) is 6.07 Å². The van der Waals surface area contributed by atoms with Crippen molar-refractivity contribution in [2.75, 3.05) is 0 Å². The van der Waals surface area contributed by atoms with Gasteiger partial charge in [0, 0.05) is 0 Å². The lowest BCUT2D eigenvalue weighted by Gasteiger charge is -2.10. The number of benzene rings is 1. The van der Waals surface area contributed by atoms with E-state index in [1.54, 1.807) is 0 Å². The minimum atomic E-state index is -1.47. The van der Waals surface area contributed by atoms with Crippen LogP contribution in [0.15, 0.2) is 39.4 Å². The van der Waals surface area contributed by atoms with Gasteiger partial charge in [-0.15, -0.1) is 0 Å². The molecular formula is C11H7BrF2O2. The lowest BCUT2D eigenvalue weighted by Crippen LogP contribution is -2.05. The molecule has 84 valence electrons. The van der Waals surface area contributed by atoms with Gasteiger partial charge in [0.2, 0.25) is 0 Å². The monoisotopic (exact) mass is 288 g/mol. The second-order valence-corrected chi connectivity index (χ2v) is 4.02. The van der Waals surface area contributed by atoms with Crippen LogP contribution < -0.4 is 0 Å². The molecule has 0 fully saturated rings. The van der Waals surface area contributed by atoms with Crippen LogP contribution in [-0.2, 0) is 0 Å². The first-order chi connectivity index (χ1) is 7.61. The lowest BCUT2D eigenvalue weighted by molar-refractivity contribution is 0.178. The number of aliphatic hydroxyl groups excluding tert-OH is 1. The van der Waals surface area contributed by atoms with Gasteiger partial charge in [-0.2, -0.15) is 0 Å². The maximum Gasteiger partial charge on any atom is 0.151 e. The molecule has 0 bridgehead atoms. The van der Waals surface area contributed by atoms with E-state index in [-0.39, 0.29) is 5.76 Å². The largest absolute Gasteiger partial charge is 0.465 e. The van der Waals surface area contributed by atoms with Crippen molar-refractivity contribution in [3.8, 4) is 0 Å². The summed E-state index contributed by atoms with van der Waals surface area (Å²) in [4.78, 5) is 0. The Morgan fingerprint density at radius 3 is 2.31 bits per heavy atom. The minimum absolute atomic E-state index is 0.0731. The van der Waals surface area contributed by atoms with E-state index < -0.39 is 23.3 Å². The van der Waals surface area contributed by atoms with Gasteiger partial charge in [-0.05, 0) is 34.1 Å². The number of halogens is 3. The Balaban J connectivity index is 2.49. The number of hydrogen-bond donors (Lipinski definition) is 1. The molecule has 2 rings (SSSR count). The molecule has 1 unspecified atom stereocenters. The first kappa shape index (κ1) is 11.3. The summed E-state index contributed by atoms with van der Waals surface area (Å²) in [5.41, 5.74) is -0.418. The van der Waals surface area contributed by atoms with Gasteiger partial charge in [-0.25, -0.2) is 8.78 Å². The highest BCUT2D eigenvalue weighted by atomic mass is 79.9. The smallest absolute Gasteiger partial charge is 0.151 e. The zero-order chi connectivity index (χ0) is 11.7. The first-order valence-corrected chi connectivity index (χ1v) is 5.25. The second kappa shape index (κ2) is 4.35. The molecule has 2 aromatic rings. The summed E-state index contributed by atoms with van der Waals surface area (Å²) in [6, 6.07) is 4.94. The van der Waals surface area contributed by atoms with Crippen molar-refractivity contribution in [2.45, 2.75) is 6.10 Å². The molecule has 0 saturated carbocycles. The zero-order valence-corrected chi connectivity index (χ0v) is 9.54. The molecule has 1 aromatic carbocycles. The van der Waals surface area contributed by atoms with E-state index in [9.17, 15) is 13.9 Å². The highest BCUT2D eigenvalue weighted by Gasteiger charge is 2.23. The summed E-state index contributed by atoms with van der Waals surface area (Å²) in [7, 11) is 0. The third-order valence-corrected chi connectivity index (χ3v) is 2.82. The maximum absolute atomic E-state index is 13.4. The predicted molar refractivity (Wildman–Crippen MR) is 56.8 cm³/mol. The minimum Gasteiger partial charge on any atom is -0.465 e. The molecule has 0 aliphatic rings. The molecule has 1 atom stereocenters. The van der Waals surface area contributed by atoms with Gasteiger partial charge in [0.05, 0.1) is 16.3 Å². The van der Waals surface area contributed by atoms with E-state index in [4.69, 9.17) is 4.42 Å². The van der Waals surface area contributed by atoms with Crippen molar-refractivity contribution in [2.24, 2.45) is 0 Å². The van der Waals surface area contributed by atoms with E-state index in [0.29, 0.717) is 4.47 Å². The summed E-state index contributed by atoms with van der Waals surface area (Å²) in [6.45, 7) is 0. The molecule has 0 aliphatic heterocycles. The van der Waals surface area contributed by atoms with Crippen LogP contribution in [0.1, 0.15) is 17.4 Å². The van der Waals surface area contributed by atoms with Crippen LogP contribution in [0.4, 0.5) is 8.78 Å². The summed E-state index contributed by atoms with van der Waals surface area (Å²) >= 11 is 3.11. The van der Waals surface area contributed by atoms with Crippen molar-refractivity contribution in [3.63, 3.8) is 0 Å².